The second-order valence-electron chi connectivity index (χ2n) is 18.5. The van der Waals surface area contributed by atoms with Gasteiger partial charge in [0.25, 0.3) is 0 Å². The molecular weight excluding hydrogens is 797 g/mol. The lowest BCUT2D eigenvalue weighted by Gasteiger charge is -2.62. The number of pyridine rings is 1. The Balaban J connectivity index is 0.956. The third-order valence-electron chi connectivity index (χ3n) is 15.4. The average molecular weight is 848 g/mol. The Morgan fingerprint density at radius 1 is 1.07 bits per heavy atom. The van der Waals surface area contributed by atoms with Gasteiger partial charge in [-0.05, 0) is 89.9 Å². The molecule has 3 aromatic rings. The minimum atomic E-state index is -2.14. The Morgan fingerprint density at radius 2 is 1.82 bits per heavy atom. The molecular formula is C45H51F2N3O11. The van der Waals surface area contributed by atoms with Crippen LogP contribution in [0.15, 0.2) is 54.5 Å². The monoisotopic (exact) mass is 847 g/mol. The van der Waals surface area contributed by atoms with E-state index in [1.54, 1.807) is 31.4 Å². The van der Waals surface area contributed by atoms with Crippen LogP contribution in [0.4, 0.5) is 14.5 Å². The first-order valence-corrected chi connectivity index (χ1v) is 21.1. The lowest BCUT2D eigenvalue weighted by Crippen LogP contribution is -2.69. The van der Waals surface area contributed by atoms with Crippen LogP contribution in [0.25, 0.3) is 10.9 Å². The Morgan fingerprint density at radius 3 is 2.49 bits per heavy atom. The highest BCUT2D eigenvalue weighted by atomic mass is 19.1. The number of nitrogens with zero attached hydrogens (tertiary/aromatic N) is 3. The molecule has 326 valence electrons. The molecule has 0 amide bonds. The van der Waals surface area contributed by atoms with Gasteiger partial charge in [0.15, 0.2) is 35.4 Å². The highest BCUT2D eigenvalue weighted by Crippen LogP contribution is 2.69. The summed E-state index contributed by atoms with van der Waals surface area (Å²) in [5.74, 6) is -3.96. The van der Waals surface area contributed by atoms with Crippen molar-refractivity contribution in [2.75, 3.05) is 38.3 Å². The Labute approximate surface area is 349 Å². The van der Waals surface area contributed by atoms with Crippen LogP contribution in [0, 0.1) is 35.4 Å². The summed E-state index contributed by atoms with van der Waals surface area (Å²) in [6.07, 6.45) is 6.32. The number of esters is 1. The van der Waals surface area contributed by atoms with Crippen LogP contribution in [0.2, 0.25) is 0 Å². The van der Waals surface area contributed by atoms with E-state index in [-0.39, 0.29) is 47.5 Å². The molecule has 4 saturated carbocycles. The number of hydrogen-bond donors (Lipinski definition) is 2. The number of piperazine rings is 1. The number of carbonyl (C=O) groups excluding carboxylic acids is 3. The van der Waals surface area contributed by atoms with Crippen molar-refractivity contribution in [2.24, 2.45) is 22.7 Å². The summed E-state index contributed by atoms with van der Waals surface area (Å²) in [7, 11) is 1.40. The molecule has 1 aromatic carbocycles. The van der Waals surface area contributed by atoms with Gasteiger partial charge in [-0.15, -0.1) is 0 Å². The molecule has 2 N–H and O–H groups in total. The molecule has 61 heavy (non-hydrogen) atoms. The van der Waals surface area contributed by atoms with Crippen molar-refractivity contribution in [3.8, 4) is 5.75 Å². The van der Waals surface area contributed by atoms with Crippen LogP contribution in [0.3, 0.4) is 0 Å². The Bertz CT molecular complexity index is 2560. The number of ketones is 2. The number of aromatic nitrogens is 1. The summed E-state index contributed by atoms with van der Waals surface area (Å²) >= 11 is 0. The predicted octanol–water partition coefficient (Wildman–Crippen LogP) is 4.88. The summed E-state index contributed by atoms with van der Waals surface area (Å²) in [4.78, 5) is 69.7. The summed E-state index contributed by atoms with van der Waals surface area (Å²) in [6.45, 7) is 7.68. The van der Waals surface area contributed by atoms with Crippen LogP contribution >= 0.6 is 0 Å². The zero-order valence-corrected chi connectivity index (χ0v) is 34.9. The molecule has 6 aliphatic rings. The number of benzene rings is 1. The van der Waals surface area contributed by atoms with Crippen molar-refractivity contribution < 1.29 is 51.7 Å². The number of fused-ring (bicyclic) bond motifs is 6. The number of allylic oxidation sites excluding steroid dienone is 4. The first-order valence-electron chi connectivity index (χ1n) is 21.1. The maximum Gasteiger partial charge on any atom is 0.519 e. The van der Waals surface area contributed by atoms with Gasteiger partial charge in [-0.1, -0.05) is 18.6 Å². The topological polar surface area (TPSA) is 182 Å². The van der Waals surface area contributed by atoms with E-state index >= 15 is 8.78 Å². The number of alkyl halides is 1. The van der Waals surface area contributed by atoms with Crippen molar-refractivity contribution in [3.05, 3.63) is 79.8 Å². The molecule has 1 unspecified atom stereocenters. The van der Waals surface area contributed by atoms with E-state index in [0.29, 0.717) is 68.1 Å². The maximum absolute atomic E-state index is 17.5. The van der Waals surface area contributed by atoms with Crippen molar-refractivity contribution in [3.63, 3.8) is 0 Å². The summed E-state index contributed by atoms with van der Waals surface area (Å²) in [6, 6.07) is 0.865. The second kappa shape index (κ2) is 14.3. The zero-order chi connectivity index (χ0) is 43.6. The van der Waals surface area contributed by atoms with Crippen molar-refractivity contribution in [1.82, 2.24) is 9.47 Å². The fourth-order valence-corrected chi connectivity index (χ4v) is 11.9. The highest BCUT2D eigenvalue weighted by molar-refractivity contribution is 6.01. The van der Waals surface area contributed by atoms with Gasteiger partial charge in [0.05, 0.1) is 30.7 Å². The molecule has 2 aromatic heterocycles. The summed E-state index contributed by atoms with van der Waals surface area (Å²) < 4.78 is 57.2. The van der Waals surface area contributed by atoms with Crippen LogP contribution in [0.1, 0.15) is 93.6 Å². The minimum absolute atomic E-state index is 0.0422. The van der Waals surface area contributed by atoms with E-state index in [1.807, 2.05) is 11.8 Å². The lowest BCUT2D eigenvalue weighted by atomic mass is 9.44. The number of aryl methyl sites for hydroxylation is 1. The normalized spacial score (nSPS) is 33.6. The largest absolute Gasteiger partial charge is 0.519 e. The van der Waals surface area contributed by atoms with Gasteiger partial charge in [-0.25, -0.2) is 18.4 Å². The number of anilines is 1. The number of carbonyl (C=O) groups is 3. The van der Waals surface area contributed by atoms with Gasteiger partial charge in [-0.2, -0.15) is 0 Å². The fraction of sp³-hybridized carbons (Fsp3) is 0.578. The molecule has 14 nitrogen and oxygen atoms in total. The Hall–Kier alpha value is -4.93. The number of methoxy groups -OCH3 is 1. The fourth-order valence-electron chi connectivity index (χ4n) is 11.9. The molecule has 9 rings (SSSR count). The Kier molecular flexibility index (Phi) is 9.72. The van der Waals surface area contributed by atoms with Crippen LogP contribution < -0.4 is 20.9 Å². The van der Waals surface area contributed by atoms with E-state index in [2.05, 4.69) is 4.90 Å². The number of hydrogen-bond acceptors (Lipinski definition) is 13. The smallest absolute Gasteiger partial charge is 0.492 e. The lowest BCUT2D eigenvalue weighted by molar-refractivity contribution is -0.217. The number of aliphatic hydroxyl groups excluding tert-OH is 1. The second-order valence-corrected chi connectivity index (χ2v) is 18.5. The molecule has 1 aliphatic heterocycles. The zero-order valence-electron chi connectivity index (χ0n) is 34.9. The molecule has 0 bridgehead atoms. The van der Waals surface area contributed by atoms with Gasteiger partial charge >= 0.3 is 11.8 Å². The quantitative estimate of drug-likeness (QED) is 0.279. The number of halogens is 2. The van der Waals surface area contributed by atoms with Crippen molar-refractivity contribution in [2.45, 2.75) is 109 Å². The predicted molar refractivity (Wildman–Crippen MR) is 216 cm³/mol. The number of rotatable bonds is 9. The number of aliphatic hydroxyl groups is 2. The van der Waals surface area contributed by atoms with E-state index in [0.717, 1.165) is 18.9 Å². The standard InChI is InChI=1S/C45H51F2N3O11/c1-23-19-49(15-14-48(23)21-33-24(2)60-41(56)61-33)37-32(46)17-28-36(39(37)58-5)50(26-7-8-26)20-29(38(28)54)40(55)59-22-35(53)44(57)13-11-30-31-9-6-25-16-27(51)10-12-42(25,3)45(31,47)34(52)18-43(30,44)4/h10,12,16-17,20,23,26,30-31,34,52,57H,6-9,11,13-15,18-19,21-22H2,1-5H3/t23?,30-,31-,34-,42-,43-,44-,45-/m0/s1. The average Bonchev–Trinajstić information content (AvgIpc) is 3.96. The molecule has 5 fully saturated rings. The molecule has 5 aliphatic carbocycles. The van der Waals surface area contributed by atoms with Gasteiger partial charge in [0, 0.05) is 54.7 Å². The summed E-state index contributed by atoms with van der Waals surface area (Å²) in [5, 5.41) is 23.7. The number of ether oxygens (including phenoxy) is 2. The van der Waals surface area contributed by atoms with E-state index in [9.17, 15) is 34.2 Å². The SMILES string of the molecule is COc1c(N2CCN(Cc3oc(=O)oc3C)C(C)C2)c(F)cc2c(=O)c(C(=O)OCC(=O)[C@@]3(O)CC[C@H]4[C@@H]5CCC6=CC(=O)C=C[C@]6(C)[C@@]5(F)[C@@H](O)C[C@@]43C)cn(C3CC3)c12. The first-order chi connectivity index (χ1) is 28.9. The van der Waals surface area contributed by atoms with E-state index in [1.165, 1.54) is 25.5 Å². The third-order valence-corrected chi connectivity index (χ3v) is 15.4. The summed E-state index contributed by atoms with van der Waals surface area (Å²) in [5.41, 5.74) is -6.84. The third kappa shape index (κ3) is 6.05. The van der Waals surface area contributed by atoms with Crippen molar-refractivity contribution in [1.29, 1.82) is 0 Å². The van der Waals surface area contributed by atoms with Gasteiger partial charge < -0.3 is 38.0 Å². The molecule has 0 spiro atoms. The molecule has 3 heterocycles. The van der Waals surface area contributed by atoms with E-state index < -0.39 is 81.0 Å². The molecule has 16 heteroatoms. The van der Waals surface area contributed by atoms with Crippen molar-refractivity contribution >= 4 is 34.1 Å². The van der Waals surface area contributed by atoms with Gasteiger partial charge in [0.2, 0.25) is 11.2 Å². The molecule has 0 radical (unpaired) electrons. The highest BCUT2D eigenvalue weighted by Gasteiger charge is 2.74. The minimum Gasteiger partial charge on any atom is -0.492 e. The molecule has 8 atom stereocenters. The van der Waals surface area contributed by atoms with E-state index in [4.69, 9.17) is 18.3 Å². The van der Waals surface area contributed by atoms with Gasteiger partial charge in [0.1, 0.15) is 22.6 Å². The first kappa shape index (κ1) is 41.4. The van der Waals surface area contributed by atoms with Crippen LogP contribution in [-0.4, -0.2) is 94.0 Å². The maximum atomic E-state index is 17.5. The number of Topliss-reactive ketones (excluding diaryl/α,β-unsaturated/α-hetero) is 1. The van der Waals surface area contributed by atoms with Gasteiger partial charge in [-0.3, -0.25) is 19.3 Å². The van der Waals surface area contributed by atoms with Crippen LogP contribution in [0.5, 0.6) is 5.75 Å². The van der Waals surface area contributed by atoms with Crippen LogP contribution in [-0.2, 0) is 20.9 Å². The molecule has 1 saturated heterocycles.